The highest BCUT2D eigenvalue weighted by molar-refractivity contribution is 5.78. The fourth-order valence-corrected chi connectivity index (χ4v) is 1.86. The number of nitrogens with one attached hydrogen (secondary N) is 1. The quantitative estimate of drug-likeness (QED) is 0.516. The fourth-order valence-electron chi connectivity index (χ4n) is 1.86. The van der Waals surface area contributed by atoms with Crippen molar-refractivity contribution in [2.24, 2.45) is 10.7 Å². The molecule has 3 heteroatoms. The van der Waals surface area contributed by atoms with Gasteiger partial charge in [0.05, 0.1) is 0 Å². The van der Waals surface area contributed by atoms with E-state index in [9.17, 15) is 0 Å². The van der Waals surface area contributed by atoms with E-state index in [-0.39, 0.29) is 5.54 Å². The minimum absolute atomic E-state index is 0.210. The lowest BCUT2D eigenvalue weighted by Gasteiger charge is -2.25. The highest BCUT2D eigenvalue weighted by Crippen LogP contribution is 2.28. The summed E-state index contributed by atoms with van der Waals surface area (Å²) in [5.74, 6) is 0.617. The average Bonchev–Trinajstić information content (AvgIpc) is 2.48. The number of hydrogen-bond donors (Lipinski definition) is 2. The maximum Gasteiger partial charge on any atom is 0.189 e. The van der Waals surface area contributed by atoms with Crippen molar-refractivity contribution in [2.45, 2.75) is 51.5 Å². The van der Waals surface area contributed by atoms with Gasteiger partial charge in [-0.2, -0.15) is 0 Å². The summed E-state index contributed by atoms with van der Waals surface area (Å²) < 4.78 is 0. The first-order valence-electron chi connectivity index (χ1n) is 5.24. The summed E-state index contributed by atoms with van der Waals surface area (Å²) in [4.78, 5) is 4.23. The largest absolute Gasteiger partial charge is 0.370 e. The summed E-state index contributed by atoms with van der Waals surface area (Å²) in [6, 6.07) is 0. The zero-order valence-corrected chi connectivity index (χ0v) is 8.77. The number of hydrogen-bond acceptors (Lipinski definition) is 1. The van der Waals surface area contributed by atoms with Crippen LogP contribution >= 0.6 is 0 Å². The predicted octanol–water partition coefficient (Wildman–Crippen LogP) is 1.63. The van der Waals surface area contributed by atoms with Gasteiger partial charge in [0.2, 0.25) is 0 Å². The first-order chi connectivity index (χ1) is 6.16. The Hall–Kier alpha value is -0.730. The third-order valence-electron chi connectivity index (χ3n) is 2.64. The smallest absolute Gasteiger partial charge is 0.189 e. The molecule has 0 saturated heterocycles. The topological polar surface area (TPSA) is 50.4 Å². The Bertz CT molecular complexity index is 181. The van der Waals surface area contributed by atoms with E-state index in [2.05, 4.69) is 24.2 Å². The molecule has 1 saturated carbocycles. The van der Waals surface area contributed by atoms with Crippen molar-refractivity contribution in [1.29, 1.82) is 0 Å². The molecule has 0 bridgehead atoms. The fraction of sp³-hybridized carbons (Fsp3) is 0.900. The van der Waals surface area contributed by atoms with Gasteiger partial charge in [-0.05, 0) is 26.2 Å². The number of aliphatic imine (C=N–C) groups is 1. The van der Waals surface area contributed by atoms with Crippen LogP contribution in [0.15, 0.2) is 4.99 Å². The molecule has 3 nitrogen and oxygen atoms in total. The molecule has 0 amide bonds. The third kappa shape index (κ3) is 3.25. The second kappa shape index (κ2) is 4.49. The summed E-state index contributed by atoms with van der Waals surface area (Å²) in [7, 11) is 0. The zero-order chi connectivity index (χ0) is 9.73. The molecular weight excluding hydrogens is 162 g/mol. The lowest BCUT2D eigenvalue weighted by molar-refractivity contribution is 0.429. The van der Waals surface area contributed by atoms with Gasteiger partial charge in [-0.25, -0.2) is 0 Å². The molecule has 1 aliphatic rings. The molecule has 0 aromatic rings. The Morgan fingerprint density at radius 1 is 1.46 bits per heavy atom. The van der Waals surface area contributed by atoms with E-state index in [0.29, 0.717) is 5.96 Å². The molecule has 0 aromatic carbocycles. The molecule has 13 heavy (non-hydrogen) atoms. The molecule has 76 valence electrons. The van der Waals surface area contributed by atoms with Crippen LogP contribution in [0, 0.1) is 0 Å². The maximum absolute atomic E-state index is 5.76. The van der Waals surface area contributed by atoms with E-state index in [1.54, 1.807) is 0 Å². The van der Waals surface area contributed by atoms with E-state index in [4.69, 9.17) is 5.73 Å². The zero-order valence-electron chi connectivity index (χ0n) is 8.77. The van der Waals surface area contributed by atoms with Gasteiger partial charge in [0.25, 0.3) is 0 Å². The highest BCUT2D eigenvalue weighted by atomic mass is 15.1. The van der Waals surface area contributed by atoms with Crippen LogP contribution in [0.25, 0.3) is 0 Å². The van der Waals surface area contributed by atoms with Crippen LogP contribution in [-0.4, -0.2) is 18.0 Å². The van der Waals surface area contributed by atoms with Gasteiger partial charge in [-0.3, -0.25) is 4.99 Å². The van der Waals surface area contributed by atoms with Crippen molar-refractivity contribution < 1.29 is 0 Å². The van der Waals surface area contributed by atoms with E-state index < -0.39 is 0 Å². The van der Waals surface area contributed by atoms with E-state index >= 15 is 0 Å². The Morgan fingerprint density at radius 2 is 2.08 bits per heavy atom. The molecule has 0 spiro atoms. The monoisotopic (exact) mass is 183 g/mol. The summed E-state index contributed by atoms with van der Waals surface area (Å²) in [6.07, 6.45) is 6.11. The van der Waals surface area contributed by atoms with Crippen molar-refractivity contribution in [3.63, 3.8) is 0 Å². The van der Waals surface area contributed by atoms with E-state index in [0.717, 1.165) is 13.0 Å². The molecule has 0 unspecified atom stereocenters. The van der Waals surface area contributed by atoms with Gasteiger partial charge in [-0.15, -0.1) is 0 Å². The second-order valence-corrected chi connectivity index (χ2v) is 4.16. The van der Waals surface area contributed by atoms with Crippen molar-refractivity contribution in [1.82, 2.24) is 5.32 Å². The molecule has 0 aromatic heterocycles. The number of guanidine groups is 1. The summed E-state index contributed by atoms with van der Waals surface area (Å²) in [5.41, 5.74) is 5.97. The van der Waals surface area contributed by atoms with Crippen LogP contribution in [0.3, 0.4) is 0 Å². The van der Waals surface area contributed by atoms with Crippen molar-refractivity contribution in [3.05, 3.63) is 0 Å². The summed E-state index contributed by atoms with van der Waals surface area (Å²) in [5, 5.41) is 3.32. The van der Waals surface area contributed by atoms with Crippen LogP contribution in [0.4, 0.5) is 0 Å². The Kier molecular flexibility index (Phi) is 3.58. The van der Waals surface area contributed by atoms with Gasteiger partial charge in [0.1, 0.15) is 0 Å². The third-order valence-corrected chi connectivity index (χ3v) is 2.64. The molecule has 3 N–H and O–H groups in total. The molecule has 1 rings (SSSR count). The predicted molar refractivity (Wildman–Crippen MR) is 56.8 cm³/mol. The molecular formula is C10H21N3. The molecule has 0 radical (unpaired) electrons. The highest BCUT2D eigenvalue weighted by Gasteiger charge is 2.28. The van der Waals surface area contributed by atoms with Crippen LogP contribution in [0.1, 0.15) is 46.0 Å². The minimum Gasteiger partial charge on any atom is -0.370 e. The summed E-state index contributed by atoms with van der Waals surface area (Å²) >= 11 is 0. The SMILES string of the molecule is CCCN=C(N)NC1(C)CCCC1. The molecule has 1 fully saturated rings. The van der Waals surface area contributed by atoms with Crippen LogP contribution in [0.5, 0.6) is 0 Å². The van der Waals surface area contributed by atoms with Crippen LogP contribution in [0.2, 0.25) is 0 Å². The average molecular weight is 183 g/mol. The van der Waals surface area contributed by atoms with Crippen molar-refractivity contribution in [3.8, 4) is 0 Å². The van der Waals surface area contributed by atoms with E-state index in [1.807, 2.05) is 0 Å². The van der Waals surface area contributed by atoms with Gasteiger partial charge < -0.3 is 11.1 Å². The first kappa shape index (κ1) is 10.4. The minimum atomic E-state index is 0.210. The summed E-state index contributed by atoms with van der Waals surface area (Å²) in [6.45, 7) is 5.16. The number of rotatable bonds is 3. The van der Waals surface area contributed by atoms with Crippen LogP contribution < -0.4 is 11.1 Å². The number of nitrogens with two attached hydrogens (primary N) is 1. The van der Waals surface area contributed by atoms with Gasteiger partial charge in [-0.1, -0.05) is 19.8 Å². The van der Waals surface area contributed by atoms with Gasteiger partial charge >= 0.3 is 0 Å². The van der Waals surface area contributed by atoms with E-state index in [1.165, 1.54) is 25.7 Å². The van der Waals surface area contributed by atoms with Crippen LogP contribution in [-0.2, 0) is 0 Å². The van der Waals surface area contributed by atoms with Crippen molar-refractivity contribution in [2.75, 3.05) is 6.54 Å². The Labute approximate surface area is 80.8 Å². The lowest BCUT2D eigenvalue weighted by atomic mass is 10.0. The molecule has 1 aliphatic carbocycles. The molecule has 0 atom stereocenters. The molecule has 0 aliphatic heterocycles. The van der Waals surface area contributed by atoms with Gasteiger partial charge in [0, 0.05) is 12.1 Å². The Morgan fingerprint density at radius 3 is 2.62 bits per heavy atom. The normalized spacial score (nSPS) is 21.8. The van der Waals surface area contributed by atoms with Crippen molar-refractivity contribution >= 4 is 5.96 Å². The first-order valence-corrected chi connectivity index (χ1v) is 5.24. The second-order valence-electron chi connectivity index (χ2n) is 4.16. The maximum atomic E-state index is 5.76. The lowest BCUT2D eigenvalue weighted by Crippen LogP contribution is -2.47. The standard InChI is InChI=1S/C10H21N3/c1-3-8-12-9(11)13-10(2)6-4-5-7-10/h3-8H2,1-2H3,(H3,11,12,13). The Balaban J connectivity index is 2.37. The van der Waals surface area contributed by atoms with Gasteiger partial charge in [0.15, 0.2) is 5.96 Å². The number of nitrogens with zero attached hydrogens (tertiary/aromatic N) is 1. The molecule has 0 heterocycles.